The zero-order valence-corrected chi connectivity index (χ0v) is 11.4. The monoisotopic (exact) mass is 291 g/mol. The van der Waals surface area contributed by atoms with Crippen LogP contribution in [0.2, 0.25) is 5.28 Å². The Bertz CT molecular complexity index is 753. The van der Waals surface area contributed by atoms with Gasteiger partial charge in [0.2, 0.25) is 5.28 Å². The Morgan fingerprint density at radius 2 is 2.00 bits per heavy atom. The van der Waals surface area contributed by atoms with Gasteiger partial charge < -0.3 is 5.32 Å². The summed E-state index contributed by atoms with van der Waals surface area (Å²) < 4.78 is 14.6. The molecule has 0 bridgehead atoms. The Morgan fingerprint density at radius 1 is 1.25 bits per heavy atom. The fourth-order valence-electron chi connectivity index (χ4n) is 2.00. The van der Waals surface area contributed by atoms with Crippen LogP contribution in [-0.4, -0.2) is 26.8 Å². The number of benzene rings is 1. The first-order valence-corrected chi connectivity index (χ1v) is 6.36. The summed E-state index contributed by atoms with van der Waals surface area (Å²) in [5.41, 5.74) is 1.57. The molecule has 1 aromatic carbocycles. The highest BCUT2D eigenvalue weighted by Gasteiger charge is 2.11. The van der Waals surface area contributed by atoms with Crippen molar-refractivity contribution in [1.82, 2.24) is 19.7 Å². The van der Waals surface area contributed by atoms with Crippen LogP contribution in [0.4, 0.5) is 10.2 Å². The zero-order valence-electron chi connectivity index (χ0n) is 10.6. The molecule has 3 rings (SSSR count). The Hall–Kier alpha value is -2.21. The first-order valence-electron chi connectivity index (χ1n) is 5.98. The molecule has 0 radical (unpaired) electrons. The van der Waals surface area contributed by atoms with Crippen molar-refractivity contribution in [2.75, 3.05) is 12.4 Å². The van der Waals surface area contributed by atoms with Gasteiger partial charge in [0, 0.05) is 7.05 Å². The van der Waals surface area contributed by atoms with Crippen LogP contribution in [-0.2, 0) is 6.54 Å². The summed E-state index contributed by atoms with van der Waals surface area (Å²) in [6.45, 7) is 0.486. The number of anilines is 1. The molecule has 1 N–H and O–H groups in total. The minimum absolute atomic E-state index is 0.155. The molecule has 0 aliphatic carbocycles. The summed E-state index contributed by atoms with van der Waals surface area (Å²) >= 11 is 5.90. The smallest absolute Gasteiger partial charge is 0.226 e. The average molecular weight is 292 g/mol. The van der Waals surface area contributed by atoms with E-state index in [1.165, 1.54) is 12.1 Å². The lowest BCUT2D eigenvalue weighted by Gasteiger charge is -2.05. The third kappa shape index (κ3) is 2.30. The normalized spacial score (nSPS) is 10.9. The first kappa shape index (κ1) is 12.8. The number of nitrogens with zero attached hydrogens (tertiary/aromatic N) is 4. The lowest BCUT2D eigenvalue weighted by molar-refractivity contribution is 0.625. The number of hydrogen-bond acceptors (Lipinski definition) is 4. The van der Waals surface area contributed by atoms with E-state index in [-0.39, 0.29) is 11.1 Å². The second-order valence-corrected chi connectivity index (χ2v) is 4.60. The van der Waals surface area contributed by atoms with Gasteiger partial charge in [0.05, 0.1) is 18.1 Å². The third-order valence-electron chi connectivity index (χ3n) is 2.95. The highest BCUT2D eigenvalue weighted by Crippen LogP contribution is 2.22. The van der Waals surface area contributed by atoms with E-state index < -0.39 is 0 Å². The van der Waals surface area contributed by atoms with Gasteiger partial charge in [-0.15, -0.1) is 0 Å². The summed E-state index contributed by atoms with van der Waals surface area (Å²) in [4.78, 5) is 8.29. The largest absolute Gasteiger partial charge is 0.372 e. The topological polar surface area (TPSA) is 55.6 Å². The van der Waals surface area contributed by atoms with Gasteiger partial charge in [0.25, 0.3) is 0 Å². The van der Waals surface area contributed by atoms with Gasteiger partial charge in [-0.25, -0.2) is 14.1 Å². The third-order valence-corrected chi connectivity index (χ3v) is 3.12. The van der Waals surface area contributed by atoms with Crippen molar-refractivity contribution >= 4 is 28.5 Å². The number of aromatic nitrogens is 4. The average Bonchev–Trinajstić information content (AvgIpc) is 2.83. The second-order valence-electron chi connectivity index (χ2n) is 4.26. The predicted octanol–water partition coefficient (Wildman–Crippen LogP) is 2.71. The van der Waals surface area contributed by atoms with E-state index in [1.807, 2.05) is 0 Å². The summed E-state index contributed by atoms with van der Waals surface area (Å²) in [6, 6.07) is 6.26. The molecule has 0 saturated carbocycles. The van der Waals surface area contributed by atoms with E-state index >= 15 is 0 Å². The molecule has 3 aromatic rings. The van der Waals surface area contributed by atoms with Crippen LogP contribution < -0.4 is 5.32 Å². The van der Waals surface area contributed by atoms with Crippen LogP contribution in [0, 0.1) is 5.82 Å². The molecule has 0 fully saturated rings. The van der Waals surface area contributed by atoms with Gasteiger partial charge in [-0.2, -0.15) is 10.1 Å². The number of hydrogen-bond donors (Lipinski definition) is 1. The quantitative estimate of drug-likeness (QED) is 0.754. The molecule has 0 saturated heterocycles. The highest BCUT2D eigenvalue weighted by molar-refractivity contribution is 6.28. The maximum Gasteiger partial charge on any atom is 0.226 e. The summed E-state index contributed by atoms with van der Waals surface area (Å²) in [6.07, 6.45) is 1.68. The van der Waals surface area contributed by atoms with Crippen molar-refractivity contribution in [1.29, 1.82) is 0 Å². The Labute approximate surface area is 119 Å². The van der Waals surface area contributed by atoms with Crippen LogP contribution >= 0.6 is 11.6 Å². The standard InChI is InChI=1S/C13H11ClFN5/c1-16-11-10-6-17-20(12(10)19-13(14)18-11)7-8-2-4-9(15)5-3-8/h2-6H,7H2,1H3,(H,16,18,19). The van der Waals surface area contributed by atoms with E-state index in [4.69, 9.17) is 11.6 Å². The van der Waals surface area contributed by atoms with Gasteiger partial charge in [-0.05, 0) is 29.3 Å². The molecule has 0 aliphatic rings. The number of rotatable bonds is 3. The molecular formula is C13H11ClFN5. The highest BCUT2D eigenvalue weighted by atomic mass is 35.5. The Kier molecular flexibility index (Phi) is 3.23. The van der Waals surface area contributed by atoms with Gasteiger partial charge in [-0.3, -0.25) is 0 Å². The van der Waals surface area contributed by atoms with E-state index in [1.54, 1.807) is 30.1 Å². The number of nitrogens with one attached hydrogen (secondary N) is 1. The summed E-state index contributed by atoms with van der Waals surface area (Å²) in [7, 11) is 1.76. The van der Waals surface area contributed by atoms with Gasteiger partial charge in [-0.1, -0.05) is 12.1 Å². The molecule has 0 spiro atoms. The Balaban J connectivity index is 2.04. The van der Waals surface area contributed by atoms with Crippen LogP contribution in [0.1, 0.15) is 5.56 Å². The maximum absolute atomic E-state index is 12.9. The molecule has 0 atom stereocenters. The number of halogens is 2. The molecule has 7 heteroatoms. The fraction of sp³-hybridized carbons (Fsp3) is 0.154. The van der Waals surface area contributed by atoms with Crippen molar-refractivity contribution in [2.24, 2.45) is 0 Å². The molecule has 5 nitrogen and oxygen atoms in total. The van der Waals surface area contributed by atoms with Gasteiger partial charge in [0.15, 0.2) is 5.65 Å². The van der Waals surface area contributed by atoms with E-state index in [0.29, 0.717) is 18.0 Å². The predicted molar refractivity (Wildman–Crippen MR) is 75.4 cm³/mol. The first-order chi connectivity index (χ1) is 9.67. The molecular weight excluding hydrogens is 281 g/mol. The molecule has 0 amide bonds. The van der Waals surface area contributed by atoms with Gasteiger partial charge in [0.1, 0.15) is 11.6 Å². The molecule has 2 aromatic heterocycles. The summed E-state index contributed by atoms with van der Waals surface area (Å²) in [5, 5.41) is 8.19. The van der Waals surface area contributed by atoms with Crippen molar-refractivity contribution in [2.45, 2.75) is 6.54 Å². The molecule has 20 heavy (non-hydrogen) atoms. The van der Waals surface area contributed by atoms with Crippen molar-refractivity contribution < 1.29 is 4.39 Å². The summed E-state index contributed by atoms with van der Waals surface area (Å²) in [5.74, 6) is 0.368. The lowest BCUT2D eigenvalue weighted by atomic mass is 10.2. The van der Waals surface area contributed by atoms with E-state index in [0.717, 1.165) is 10.9 Å². The molecule has 0 aliphatic heterocycles. The SMILES string of the molecule is CNc1nc(Cl)nc2c1cnn2Cc1ccc(F)cc1. The molecule has 0 unspecified atom stereocenters. The minimum Gasteiger partial charge on any atom is -0.372 e. The zero-order chi connectivity index (χ0) is 14.1. The van der Waals surface area contributed by atoms with Crippen molar-refractivity contribution in [3.05, 3.63) is 47.1 Å². The van der Waals surface area contributed by atoms with Crippen molar-refractivity contribution in [3.63, 3.8) is 0 Å². The molecule has 2 heterocycles. The molecule has 102 valence electrons. The van der Waals surface area contributed by atoms with Crippen LogP contribution in [0.5, 0.6) is 0 Å². The lowest BCUT2D eigenvalue weighted by Crippen LogP contribution is -2.04. The van der Waals surface area contributed by atoms with Crippen molar-refractivity contribution in [3.8, 4) is 0 Å². The van der Waals surface area contributed by atoms with E-state index in [9.17, 15) is 4.39 Å². The maximum atomic E-state index is 12.9. The Morgan fingerprint density at radius 3 is 2.70 bits per heavy atom. The van der Waals surface area contributed by atoms with Crippen LogP contribution in [0.3, 0.4) is 0 Å². The van der Waals surface area contributed by atoms with E-state index in [2.05, 4.69) is 20.4 Å². The number of fused-ring (bicyclic) bond motifs is 1. The second kappa shape index (κ2) is 5.05. The van der Waals surface area contributed by atoms with Crippen LogP contribution in [0.25, 0.3) is 11.0 Å². The van der Waals surface area contributed by atoms with Gasteiger partial charge >= 0.3 is 0 Å². The van der Waals surface area contributed by atoms with Crippen LogP contribution in [0.15, 0.2) is 30.5 Å². The minimum atomic E-state index is -0.262. The fourth-order valence-corrected chi connectivity index (χ4v) is 2.16.